The molecule has 0 aromatic heterocycles. The number of hydrogen-bond donors (Lipinski definition) is 1. The number of amides is 1. The molecule has 0 aliphatic heterocycles. The van der Waals surface area contributed by atoms with Gasteiger partial charge in [-0.2, -0.15) is 0 Å². The zero-order chi connectivity index (χ0) is 17.7. The molecule has 0 spiro atoms. The van der Waals surface area contributed by atoms with Crippen LogP contribution in [0.3, 0.4) is 0 Å². The first-order chi connectivity index (χ1) is 11.3. The van der Waals surface area contributed by atoms with Crippen molar-refractivity contribution in [2.75, 3.05) is 11.9 Å². The molecule has 24 heavy (non-hydrogen) atoms. The van der Waals surface area contributed by atoms with Crippen LogP contribution in [-0.4, -0.2) is 18.5 Å². The van der Waals surface area contributed by atoms with Crippen LogP contribution in [-0.2, 0) is 20.7 Å². The number of anilines is 1. The average molecular weight is 391 g/mol. The van der Waals surface area contributed by atoms with Crippen molar-refractivity contribution in [3.05, 3.63) is 62.8 Å². The van der Waals surface area contributed by atoms with Crippen LogP contribution in [0.2, 0.25) is 15.1 Å². The second-order valence-corrected chi connectivity index (χ2v) is 6.00. The molecule has 0 radical (unpaired) electrons. The molecule has 4 nitrogen and oxygen atoms in total. The fraction of sp³-hybridized carbons (Fsp3) is 0.125. The van der Waals surface area contributed by atoms with E-state index in [9.17, 15) is 14.0 Å². The van der Waals surface area contributed by atoms with Crippen LogP contribution in [0.5, 0.6) is 0 Å². The smallest absolute Gasteiger partial charge is 0.310 e. The Kier molecular flexibility index (Phi) is 6.43. The lowest BCUT2D eigenvalue weighted by Crippen LogP contribution is -2.21. The molecule has 0 aliphatic carbocycles. The van der Waals surface area contributed by atoms with Crippen LogP contribution in [0.1, 0.15) is 5.56 Å². The number of benzene rings is 2. The molecule has 126 valence electrons. The van der Waals surface area contributed by atoms with Gasteiger partial charge in [-0.25, -0.2) is 4.39 Å². The number of halogens is 4. The number of carbonyl (C=O) groups excluding carboxylic acids is 2. The maximum Gasteiger partial charge on any atom is 0.310 e. The Morgan fingerprint density at radius 2 is 1.79 bits per heavy atom. The number of ether oxygens (including phenoxy) is 1. The lowest BCUT2D eigenvalue weighted by Gasteiger charge is -2.08. The van der Waals surface area contributed by atoms with Crippen LogP contribution < -0.4 is 5.32 Å². The Bertz CT molecular complexity index is 783. The number of rotatable bonds is 5. The van der Waals surface area contributed by atoms with Crippen molar-refractivity contribution >= 4 is 52.4 Å². The summed E-state index contributed by atoms with van der Waals surface area (Å²) in [7, 11) is 0. The van der Waals surface area contributed by atoms with E-state index in [2.05, 4.69) is 5.32 Å². The van der Waals surface area contributed by atoms with Gasteiger partial charge in [-0.1, -0.05) is 40.9 Å². The molecule has 0 fully saturated rings. The van der Waals surface area contributed by atoms with E-state index < -0.39 is 24.3 Å². The number of carbonyl (C=O) groups is 2. The maximum absolute atomic E-state index is 13.0. The van der Waals surface area contributed by atoms with Gasteiger partial charge in [-0.3, -0.25) is 9.59 Å². The van der Waals surface area contributed by atoms with Crippen molar-refractivity contribution in [1.82, 2.24) is 0 Å². The minimum atomic E-state index is -0.619. The molecule has 1 amide bonds. The highest BCUT2D eigenvalue weighted by atomic mass is 35.5. The quantitative estimate of drug-likeness (QED) is 0.764. The molecule has 2 aromatic carbocycles. The molecule has 0 saturated carbocycles. The highest BCUT2D eigenvalue weighted by Crippen LogP contribution is 2.22. The Morgan fingerprint density at radius 1 is 1.04 bits per heavy atom. The first kappa shape index (κ1) is 18.5. The van der Waals surface area contributed by atoms with Crippen LogP contribution >= 0.6 is 34.8 Å². The van der Waals surface area contributed by atoms with E-state index in [4.69, 9.17) is 39.5 Å². The minimum Gasteiger partial charge on any atom is -0.455 e. The van der Waals surface area contributed by atoms with Crippen LogP contribution in [0.4, 0.5) is 10.1 Å². The second kappa shape index (κ2) is 8.33. The van der Waals surface area contributed by atoms with Gasteiger partial charge in [0.1, 0.15) is 5.82 Å². The summed E-state index contributed by atoms with van der Waals surface area (Å²) >= 11 is 17.3. The number of hydrogen-bond acceptors (Lipinski definition) is 3. The Hall–Kier alpha value is -1.82. The zero-order valence-electron chi connectivity index (χ0n) is 12.1. The predicted molar refractivity (Wildman–Crippen MR) is 91.2 cm³/mol. The van der Waals surface area contributed by atoms with Gasteiger partial charge in [0.25, 0.3) is 5.91 Å². The molecule has 0 aliphatic rings. The third-order valence-electron chi connectivity index (χ3n) is 2.92. The molecule has 1 N–H and O–H groups in total. The van der Waals surface area contributed by atoms with E-state index in [1.54, 1.807) is 12.1 Å². The van der Waals surface area contributed by atoms with E-state index in [1.165, 1.54) is 18.2 Å². The van der Waals surface area contributed by atoms with Gasteiger partial charge in [-0.15, -0.1) is 0 Å². The normalized spacial score (nSPS) is 10.3. The summed E-state index contributed by atoms with van der Waals surface area (Å²) in [6, 6.07) is 8.43. The molecule has 0 saturated heterocycles. The van der Waals surface area contributed by atoms with Crippen molar-refractivity contribution in [2.24, 2.45) is 0 Å². The third kappa shape index (κ3) is 5.37. The summed E-state index contributed by atoms with van der Waals surface area (Å²) in [4.78, 5) is 23.4. The van der Waals surface area contributed by atoms with Crippen molar-refractivity contribution < 1.29 is 18.7 Å². The number of nitrogens with one attached hydrogen (secondary N) is 1. The molecule has 2 rings (SSSR count). The summed E-state index contributed by atoms with van der Waals surface area (Å²) in [6.07, 6.45) is -0.0916. The van der Waals surface area contributed by atoms with Crippen molar-refractivity contribution in [3.63, 3.8) is 0 Å². The van der Waals surface area contributed by atoms with Crippen molar-refractivity contribution in [2.45, 2.75) is 6.42 Å². The minimum absolute atomic E-state index is 0.0916. The molecular formula is C16H11Cl3FNO3. The second-order valence-electron chi connectivity index (χ2n) is 4.75. The standard InChI is InChI=1S/C16H11Cl3FNO3/c17-10-2-1-9(12(18)6-10)5-16(23)24-8-15(22)21-11-3-4-14(20)13(19)7-11/h1-4,6-7H,5,8H2,(H,21,22). The molecule has 0 atom stereocenters. The molecule has 8 heteroatoms. The van der Waals surface area contributed by atoms with Crippen LogP contribution in [0, 0.1) is 5.82 Å². The van der Waals surface area contributed by atoms with E-state index in [0.29, 0.717) is 21.3 Å². The largest absolute Gasteiger partial charge is 0.455 e. The lowest BCUT2D eigenvalue weighted by molar-refractivity contribution is -0.146. The summed E-state index contributed by atoms with van der Waals surface area (Å²) in [5.74, 6) is -1.79. The molecule has 0 bridgehead atoms. The Morgan fingerprint density at radius 3 is 2.46 bits per heavy atom. The molecular weight excluding hydrogens is 380 g/mol. The third-order valence-corrected chi connectivity index (χ3v) is 3.79. The highest BCUT2D eigenvalue weighted by molar-refractivity contribution is 6.35. The molecule has 0 heterocycles. The SMILES string of the molecule is O=C(COC(=O)Cc1ccc(Cl)cc1Cl)Nc1ccc(F)c(Cl)c1. The summed E-state index contributed by atoms with van der Waals surface area (Å²) < 4.78 is 17.9. The zero-order valence-corrected chi connectivity index (χ0v) is 14.4. The predicted octanol–water partition coefficient (Wildman–Crippen LogP) is 4.51. The molecule has 2 aromatic rings. The van der Waals surface area contributed by atoms with Crippen molar-refractivity contribution in [1.29, 1.82) is 0 Å². The van der Waals surface area contributed by atoms with Crippen LogP contribution in [0.25, 0.3) is 0 Å². The monoisotopic (exact) mass is 389 g/mol. The molecule has 0 unspecified atom stereocenters. The van der Waals surface area contributed by atoms with Gasteiger partial charge in [0.15, 0.2) is 6.61 Å². The van der Waals surface area contributed by atoms with E-state index >= 15 is 0 Å². The van der Waals surface area contributed by atoms with Gasteiger partial charge in [0, 0.05) is 15.7 Å². The number of esters is 1. The van der Waals surface area contributed by atoms with Gasteiger partial charge < -0.3 is 10.1 Å². The van der Waals surface area contributed by atoms with E-state index in [1.807, 2.05) is 0 Å². The fourth-order valence-corrected chi connectivity index (χ4v) is 2.44. The average Bonchev–Trinajstić information content (AvgIpc) is 2.52. The first-order valence-corrected chi connectivity index (χ1v) is 7.83. The van der Waals surface area contributed by atoms with Gasteiger partial charge in [-0.05, 0) is 35.9 Å². The maximum atomic E-state index is 13.0. The first-order valence-electron chi connectivity index (χ1n) is 6.69. The van der Waals surface area contributed by atoms with Gasteiger partial charge >= 0.3 is 5.97 Å². The van der Waals surface area contributed by atoms with Crippen LogP contribution in [0.15, 0.2) is 36.4 Å². The Labute approximate surface area is 152 Å². The van der Waals surface area contributed by atoms with E-state index in [0.717, 1.165) is 6.07 Å². The Balaban J connectivity index is 1.84. The summed E-state index contributed by atoms with van der Waals surface area (Å²) in [5, 5.41) is 3.11. The summed E-state index contributed by atoms with van der Waals surface area (Å²) in [5.41, 5.74) is 0.833. The fourth-order valence-electron chi connectivity index (χ4n) is 1.79. The van der Waals surface area contributed by atoms with Crippen molar-refractivity contribution in [3.8, 4) is 0 Å². The lowest BCUT2D eigenvalue weighted by atomic mass is 10.1. The van der Waals surface area contributed by atoms with Gasteiger partial charge in [0.2, 0.25) is 0 Å². The highest BCUT2D eigenvalue weighted by Gasteiger charge is 2.12. The topological polar surface area (TPSA) is 55.4 Å². The van der Waals surface area contributed by atoms with Gasteiger partial charge in [0.05, 0.1) is 11.4 Å². The van der Waals surface area contributed by atoms with E-state index in [-0.39, 0.29) is 11.4 Å². The summed E-state index contributed by atoms with van der Waals surface area (Å²) in [6.45, 7) is -0.487.